The highest BCUT2D eigenvalue weighted by Crippen LogP contribution is 2.19. The first-order chi connectivity index (χ1) is 8.83. The fourth-order valence-corrected chi connectivity index (χ4v) is 4.18. The lowest BCUT2D eigenvalue weighted by atomic mass is 10.2. The SMILES string of the molecule is CCCCCN1[SiH2]N(CCCC)C1OCCCC. The molecule has 1 atom stereocenters. The summed E-state index contributed by atoms with van der Waals surface area (Å²) < 4.78 is 11.3. The Morgan fingerprint density at radius 1 is 0.833 bits per heavy atom. The molecule has 0 aromatic carbocycles. The van der Waals surface area contributed by atoms with E-state index in [1.807, 2.05) is 0 Å². The normalized spacial score (nSPS) is 22.5. The average molecular weight is 273 g/mol. The van der Waals surface area contributed by atoms with E-state index in [0.717, 1.165) is 6.61 Å². The van der Waals surface area contributed by atoms with Gasteiger partial charge in [-0.25, -0.2) is 0 Å². The minimum absolute atomic E-state index is 0.155. The molecule has 0 amide bonds. The predicted molar refractivity (Wildman–Crippen MR) is 81.0 cm³/mol. The van der Waals surface area contributed by atoms with Gasteiger partial charge in [-0.1, -0.05) is 46.5 Å². The summed E-state index contributed by atoms with van der Waals surface area (Å²) in [5.74, 6) is 0. The Bertz CT molecular complexity index is 204. The van der Waals surface area contributed by atoms with Gasteiger partial charge in [-0.05, 0) is 32.4 Å². The molecule has 0 aromatic rings. The number of ether oxygens (including phenoxy) is 1. The molecule has 0 N–H and O–H groups in total. The Kier molecular flexibility index (Phi) is 8.93. The summed E-state index contributed by atoms with van der Waals surface area (Å²) in [4.78, 5) is 0. The number of unbranched alkanes of at least 4 members (excludes halogenated alkanes) is 4. The maximum atomic E-state index is 6.06. The lowest BCUT2D eigenvalue weighted by Gasteiger charge is -2.50. The maximum Gasteiger partial charge on any atom is 0.179 e. The Morgan fingerprint density at radius 3 is 2.06 bits per heavy atom. The summed E-state index contributed by atoms with van der Waals surface area (Å²) in [6.07, 6.45) is 9.41. The molecule has 1 rings (SSSR count). The van der Waals surface area contributed by atoms with Crippen molar-refractivity contribution in [1.82, 2.24) is 9.13 Å². The van der Waals surface area contributed by atoms with Crippen molar-refractivity contribution in [2.24, 2.45) is 0 Å². The second kappa shape index (κ2) is 9.95. The van der Waals surface area contributed by atoms with Crippen molar-refractivity contribution in [3.05, 3.63) is 0 Å². The summed E-state index contributed by atoms with van der Waals surface area (Å²) >= 11 is 0. The van der Waals surface area contributed by atoms with Crippen LogP contribution in [0, 0.1) is 0 Å². The first-order valence-corrected chi connectivity index (χ1v) is 9.19. The van der Waals surface area contributed by atoms with Gasteiger partial charge >= 0.3 is 0 Å². The van der Waals surface area contributed by atoms with E-state index in [1.165, 1.54) is 58.0 Å². The van der Waals surface area contributed by atoms with E-state index in [-0.39, 0.29) is 9.84 Å². The van der Waals surface area contributed by atoms with Crippen LogP contribution in [0.5, 0.6) is 0 Å². The van der Waals surface area contributed by atoms with Crippen LogP contribution < -0.4 is 0 Å². The van der Waals surface area contributed by atoms with Crippen LogP contribution in [0.25, 0.3) is 0 Å². The van der Waals surface area contributed by atoms with Gasteiger partial charge in [0.2, 0.25) is 0 Å². The van der Waals surface area contributed by atoms with Gasteiger partial charge in [0.05, 0.1) is 6.61 Å². The van der Waals surface area contributed by atoms with Crippen molar-refractivity contribution in [2.45, 2.75) is 72.1 Å². The highest BCUT2D eigenvalue weighted by molar-refractivity contribution is 6.31. The van der Waals surface area contributed by atoms with Gasteiger partial charge < -0.3 is 4.74 Å². The summed E-state index contributed by atoms with van der Waals surface area (Å²) in [6, 6.07) is 0. The van der Waals surface area contributed by atoms with Crippen molar-refractivity contribution in [3.63, 3.8) is 0 Å². The lowest BCUT2D eigenvalue weighted by Crippen LogP contribution is -2.67. The van der Waals surface area contributed by atoms with Crippen LogP contribution >= 0.6 is 0 Å². The van der Waals surface area contributed by atoms with E-state index >= 15 is 0 Å². The van der Waals surface area contributed by atoms with E-state index in [4.69, 9.17) is 4.74 Å². The Hall–Kier alpha value is 0.0969. The average Bonchev–Trinajstić information content (AvgIpc) is 2.37. The fraction of sp³-hybridized carbons (Fsp3) is 1.00. The topological polar surface area (TPSA) is 15.7 Å². The second-order valence-corrected chi connectivity index (χ2v) is 7.29. The molecule has 108 valence electrons. The van der Waals surface area contributed by atoms with Crippen LogP contribution in [0.1, 0.15) is 65.7 Å². The molecule has 1 aliphatic rings. The third-order valence-electron chi connectivity index (χ3n) is 3.60. The molecule has 3 nitrogen and oxygen atoms in total. The molecule has 1 aliphatic heterocycles. The van der Waals surface area contributed by atoms with Gasteiger partial charge in [-0.2, -0.15) is 0 Å². The van der Waals surface area contributed by atoms with E-state index < -0.39 is 0 Å². The van der Waals surface area contributed by atoms with Gasteiger partial charge in [0.1, 0.15) is 0 Å². The molecule has 18 heavy (non-hydrogen) atoms. The molecule has 0 aliphatic carbocycles. The van der Waals surface area contributed by atoms with Crippen molar-refractivity contribution < 1.29 is 4.74 Å². The van der Waals surface area contributed by atoms with Crippen molar-refractivity contribution in [2.75, 3.05) is 19.7 Å². The molecule has 0 saturated carbocycles. The van der Waals surface area contributed by atoms with Crippen LogP contribution in [0.15, 0.2) is 0 Å². The van der Waals surface area contributed by atoms with Crippen LogP contribution in [-0.4, -0.2) is 45.0 Å². The van der Waals surface area contributed by atoms with Crippen molar-refractivity contribution in [1.29, 1.82) is 0 Å². The third kappa shape index (κ3) is 5.39. The van der Waals surface area contributed by atoms with E-state index in [0.29, 0.717) is 6.35 Å². The number of nitrogens with zero attached hydrogens (tertiary/aromatic N) is 2. The van der Waals surface area contributed by atoms with Gasteiger partial charge in [0.15, 0.2) is 16.2 Å². The minimum Gasteiger partial charge on any atom is -0.351 e. The van der Waals surface area contributed by atoms with E-state index in [1.54, 1.807) is 0 Å². The van der Waals surface area contributed by atoms with Crippen LogP contribution in [-0.2, 0) is 4.74 Å². The third-order valence-corrected chi connectivity index (χ3v) is 5.58. The van der Waals surface area contributed by atoms with Crippen LogP contribution in [0.2, 0.25) is 0 Å². The van der Waals surface area contributed by atoms with Gasteiger partial charge in [0.25, 0.3) is 0 Å². The van der Waals surface area contributed by atoms with Crippen molar-refractivity contribution in [3.8, 4) is 0 Å². The van der Waals surface area contributed by atoms with Crippen molar-refractivity contribution >= 4 is 9.84 Å². The first-order valence-electron chi connectivity index (χ1n) is 7.93. The summed E-state index contributed by atoms with van der Waals surface area (Å²) in [7, 11) is -0.155. The molecule has 1 fully saturated rings. The van der Waals surface area contributed by atoms with Crippen LogP contribution in [0.4, 0.5) is 0 Å². The highest BCUT2D eigenvalue weighted by Gasteiger charge is 2.36. The largest absolute Gasteiger partial charge is 0.351 e. The lowest BCUT2D eigenvalue weighted by molar-refractivity contribution is -0.135. The molecule has 1 unspecified atom stereocenters. The molecule has 4 heteroatoms. The Labute approximate surface area is 116 Å². The Balaban J connectivity index is 2.24. The molecule has 0 spiro atoms. The first kappa shape index (κ1) is 16.2. The monoisotopic (exact) mass is 272 g/mol. The number of rotatable bonds is 11. The predicted octanol–water partition coefficient (Wildman–Crippen LogP) is 2.69. The van der Waals surface area contributed by atoms with Gasteiger partial charge in [-0.15, -0.1) is 0 Å². The number of hydrogen-bond donors (Lipinski definition) is 0. The van der Waals surface area contributed by atoms with Crippen LogP contribution in [0.3, 0.4) is 0 Å². The van der Waals surface area contributed by atoms with Gasteiger partial charge in [0, 0.05) is 0 Å². The molecular formula is C14H32N2OSi. The molecule has 0 bridgehead atoms. The highest BCUT2D eigenvalue weighted by atomic mass is 28.2. The molecule has 0 radical (unpaired) electrons. The summed E-state index contributed by atoms with van der Waals surface area (Å²) in [5.41, 5.74) is 0. The molecule has 1 saturated heterocycles. The Morgan fingerprint density at radius 2 is 1.44 bits per heavy atom. The zero-order valence-electron chi connectivity index (χ0n) is 12.7. The molecular weight excluding hydrogens is 240 g/mol. The minimum atomic E-state index is -0.155. The summed E-state index contributed by atoms with van der Waals surface area (Å²) in [6.45, 7) is 10.2. The summed E-state index contributed by atoms with van der Waals surface area (Å²) in [5, 5.41) is 0. The van der Waals surface area contributed by atoms with E-state index in [9.17, 15) is 0 Å². The smallest absolute Gasteiger partial charge is 0.179 e. The number of hydrogen-bond acceptors (Lipinski definition) is 3. The molecule has 1 heterocycles. The van der Waals surface area contributed by atoms with E-state index in [2.05, 4.69) is 29.9 Å². The maximum absolute atomic E-state index is 6.06. The molecule has 0 aromatic heterocycles. The zero-order valence-corrected chi connectivity index (χ0v) is 14.1. The quantitative estimate of drug-likeness (QED) is 0.425. The zero-order chi connectivity index (χ0) is 13.2. The fourth-order valence-electron chi connectivity index (χ4n) is 2.34. The second-order valence-electron chi connectivity index (χ2n) is 5.38. The standard InChI is InChI=1S/C14H32N2OSi/c1-4-7-10-12-16-14(17-13-9-6-3)15(18-16)11-8-5-2/h14H,4-13,18H2,1-3H3. The van der Waals surface area contributed by atoms with Gasteiger partial charge in [-0.3, -0.25) is 9.13 Å².